The molecule has 6 nitrogen and oxygen atoms in total. The molecule has 1 saturated heterocycles. The minimum atomic E-state index is -0.327. The van der Waals surface area contributed by atoms with Crippen molar-refractivity contribution < 1.29 is 9.53 Å². The van der Waals surface area contributed by atoms with Gasteiger partial charge in [-0.25, -0.2) is 4.79 Å². The number of urea groups is 1. The number of ether oxygens (including phenoxy) is 1. The summed E-state index contributed by atoms with van der Waals surface area (Å²) in [4.78, 5) is 14.1. The number of hydrogen-bond acceptors (Lipinski definition) is 5. The number of aromatic nitrogens is 2. The van der Waals surface area contributed by atoms with Crippen LogP contribution in [-0.2, 0) is 10.2 Å². The average Bonchev–Trinajstić information content (AvgIpc) is 2.74. The zero-order valence-electron chi connectivity index (χ0n) is 13.6. The van der Waals surface area contributed by atoms with Crippen LogP contribution in [0, 0.1) is 0 Å². The Hall–Kier alpha value is -1.21. The van der Waals surface area contributed by atoms with Gasteiger partial charge in [0.1, 0.15) is 5.01 Å². The van der Waals surface area contributed by atoms with Gasteiger partial charge >= 0.3 is 6.03 Å². The molecular weight excluding hydrogens is 288 g/mol. The smallest absolute Gasteiger partial charge is 0.323 e. The summed E-state index contributed by atoms with van der Waals surface area (Å²) in [7, 11) is 0. The first-order chi connectivity index (χ1) is 9.57. The van der Waals surface area contributed by atoms with E-state index in [2.05, 4.69) is 36.3 Å². The molecule has 1 fully saturated rings. The van der Waals surface area contributed by atoms with Crippen LogP contribution in [0.1, 0.15) is 46.6 Å². The number of nitrogens with zero attached hydrogens (tertiary/aromatic N) is 3. The molecule has 1 aliphatic heterocycles. The van der Waals surface area contributed by atoms with Crippen molar-refractivity contribution in [3.63, 3.8) is 0 Å². The van der Waals surface area contributed by atoms with Crippen molar-refractivity contribution in [3.05, 3.63) is 5.01 Å². The van der Waals surface area contributed by atoms with Crippen LogP contribution in [0.2, 0.25) is 0 Å². The van der Waals surface area contributed by atoms with E-state index in [1.165, 1.54) is 11.3 Å². The van der Waals surface area contributed by atoms with Gasteiger partial charge in [0.15, 0.2) is 0 Å². The summed E-state index contributed by atoms with van der Waals surface area (Å²) in [5.41, 5.74) is -0.386. The van der Waals surface area contributed by atoms with Gasteiger partial charge < -0.3 is 9.64 Å². The lowest BCUT2D eigenvalue weighted by Gasteiger charge is -2.41. The van der Waals surface area contributed by atoms with Crippen LogP contribution < -0.4 is 5.32 Å². The van der Waals surface area contributed by atoms with E-state index in [1.807, 2.05) is 20.8 Å². The second-order valence-corrected chi connectivity index (χ2v) is 8.14. The van der Waals surface area contributed by atoms with E-state index < -0.39 is 0 Å². The zero-order valence-corrected chi connectivity index (χ0v) is 14.4. The van der Waals surface area contributed by atoms with E-state index in [9.17, 15) is 4.79 Å². The van der Waals surface area contributed by atoms with Crippen molar-refractivity contribution in [1.82, 2.24) is 15.1 Å². The van der Waals surface area contributed by atoms with Crippen molar-refractivity contribution in [2.45, 2.75) is 58.7 Å². The Bertz CT molecular complexity index is 521. The quantitative estimate of drug-likeness (QED) is 0.866. The van der Waals surface area contributed by atoms with Gasteiger partial charge in [-0.05, 0) is 20.8 Å². The maximum Gasteiger partial charge on any atom is 0.323 e. The molecule has 1 aromatic rings. The van der Waals surface area contributed by atoms with Crippen molar-refractivity contribution in [2.24, 2.45) is 0 Å². The maximum atomic E-state index is 12.4. The SMILES string of the molecule is CC1CN(C(=O)Nc2nnc(C(C)(C)C)s2)CC(C)(C)O1. The van der Waals surface area contributed by atoms with E-state index in [1.54, 1.807) is 4.90 Å². The van der Waals surface area contributed by atoms with Crippen LogP contribution in [0.3, 0.4) is 0 Å². The highest BCUT2D eigenvalue weighted by Gasteiger charge is 2.34. The van der Waals surface area contributed by atoms with Gasteiger partial charge in [-0.15, -0.1) is 10.2 Å². The first-order valence-electron chi connectivity index (χ1n) is 7.14. The molecule has 0 aliphatic carbocycles. The molecule has 0 bridgehead atoms. The highest BCUT2D eigenvalue weighted by molar-refractivity contribution is 7.15. The fourth-order valence-corrected chi connectivity index (χ4v) is 3.15. The first-order valence-corrected chi connectivity index (χ1v) is 7.96. The number of carbonyl (C=O) groups is 1. The fourth-order valence-electron chi connectivity index (χ4n) is 2.36. The van der Waals surface area contributed by atoms with Crippen LogP contribution in [0.15, 0.2) is 0 Å². The molecular formula is C14H24N4O2S. The molecule has 0 radical (unpaired) electrons. The second kappa shape index (κ2) is 5.53. The van der Waals surface area contributed by atoms with Crippen molar-refractivity contribution >= 4 is 22.5 Å². The topological polar surface area (TPSA) is 67.4 Å². The van der Waals surface area contributed by atoms with Crippen LogP contribution in [0.4, 0.5) is 9.93 Å². The number of nitrogens with one attached hydrogen (secondary N) is 1. The Kier molecular flexibility index (Phi) is 4.26. The van der Waals surface area contributed by atoms with Crippen LogP contribution in [0.25, 0.3) is 0 Å². The van der Waals surface area contributed by atoms with Gasteiger partial charge in [0, 0.05) is 12.0 Å². The summed E-state index contributed by atoms with van der Waals surface area (Å²) in [6.45, 7) is 13.3. The standard InChI is InChI=1S/C14H24N4O2S/c1-9-7-18(8-14(5,6)20-9)12(19)15-11-17-16-10(21-11)13(2,3)4/h9H,7-8H2,1-6H3,(H,15,17,19). The third kappa shape index (κ3) is 4.14. The van der Waals surface area contributed by atoms with E-state index in [0.717, 1.165) is 5.01 Å². The third-order valence-corrected chi connectivity index (χ3v) is 4.40. The molecule has 1 unspecified atom stereocenters. The number of carbonyl (C=O) groups excluding carboxylic acids is 1. The maximum absolute atomic E-state index is 12.4. The molecule has 1 aromatic heterocycles. The molecule has 0 saturated carbocycles. The molecule has 1 aliphatic rings. The van der Waals surface area contributed by atoms with Crippen molar-refractivity contribution in [3.8, 4) is 0 Å². The predicted molar refractivity (Wildman–Crippen MR) is 83.8 cm³/mol. The number of amides is 2. The van der Waals surface area contributed by atoms with E-state index in [-0.39, 0.29) is 23.2 Å². The number of anilines is 1. The van der Waals surface area contributed by atoms with E-state index in [0.29, 0.717) is 18.2 Å². The molecule has 1 N–H and O–H groups in total. The minimum Gasteiger partial charge on any atom is -0.369 e. The van der Waals surface area contributed by atoms with Gasteiger partial charge in [-0.2, -0.15) is 0 Å². The Morgan fingerprint density at radius 1 is 1.43 bits per heavy atom. The monoisotopic (exact) mass is 312 g/mol. The predicted octanol–water partition coefficient (Wildman–Crippen LogP) is 2.87. The van der Waals surface area contributed by atoms with Crippen LogP contribution >= 0.6 is 11.3 Å². The highest BCUT2D eigenvalue weighted by atomic mass is 32.1. The molecule has 21 heavy (non-hydrogen) atoms. The zero-order chi connectivity index (χ0) is 15.8. The Morgan fingerprint density at radius 2 is 2.10 bits per heavy atom. The van der Waals surface area contributed by atoms with Gasteiger partial charge in [0.2, 0.25) is 5.13 Å². The lowest BCUT2D eigenvalue weighted by atomic mass is 9.98. The van der Waals surface area contributed by atoms with Crippen molar-refractivity contribution in [2.75, 3.05) is 18.4 Å². The van der Waals surface area contributed by atoms with E-state index >= 15 is 0 Å². The van der Waals surface area contributed by atoms with E-state index in [4.69, 9.17) is 4.74 Å². The Balaban J connectivity index is 2.03. The molecule has 7 heteroatoms. The van der Waals surface area contributed by atoms with Gasteiger partial charge in [-0.1, -0.05) is 32.1 Å². The Morgan fingerprint density at radius 3 is 2.62 bits per heavy atom. The number of rotatable bonds is 1. The minimum absolute atomic E-state index is 0.0269. The fraction of sp³-hybridized carbons (Fsp3) is 0.786. The summed E-state index contributed by atoms with van der Waals surface area (Å²) in [6, 6.07) is -0.144. The van der Waals surface area contributed by atoms with Gasteiger partial charge in [0.25, 0.3) is 0 Å². The molecule has 0 aromatic carbocycles. The average molecular weight is 312 g/mol. The molecule has 2 amide bonds. The van der Waals surface area contributed by atoms with Crippen LogP contribution in [-0.4, -0.2) is 45.9 Å². The number of morpholine rings is 1. The molecule has 118 valence electrons. The number of hydrogen-bond donors (Lipinski definition) is 1. The highest BCUT2D eigenvalue weighted by Crippen LogP contribution is 2.28. The lowest BCUT2D eigenvalue weighted by molar-refractivity contribution is -0.116. The second-order valence-electron chi connectivity index (χ2n) is 7.16. The summed E-state index contributed by atoms with van der Waals surface area (Å²) in [6.07, 6.45) is 0.0269. The summed E-state index contributed by atoms with van der Waals surface area (Å²) < 4.78 is 5.81. The van der Waals surface area contributed by atoms with Crippen molar-refractivity contribution in [1.29, 1.82) is 0 Å². The molecule has 2 rings (SSSR count). The van der Waals surface area contributed by atoms with Gasteiger partial charge in [0.05, 0.1) is 18.2 Å². The van der Waals surface area contributed by atoms with Crippen LogP contribution in [0.5, 0.6) is 0 Å². The molecule has 1 atom stereocenters. The molecule has 0 spiro atoms. The lowest BCUT2D eigenvalue weighted by Crippen LogP contribution is -2.54. The summed E-state index contributed by atoms with van der Waals surface area (Å²) >= 11 is 1.42. The molecule has 2 heterocycles. The normalized spacial score (nSPS) is 22.2. The summed E-state index contributed by atoms with van der Waals surface area (Å²) in [5.74, 6) is 0. The summed E-state index contributed by atoms with van der Waals surface area (Å²) in [5, 5.41) is 12.5. The first kappa shape index (κ1) is 16.2. The van der Waals surface area contributed by atoms with Gasteiger partial charge in [-0.3, -0.25) is 5.32 Å². The third-order valence-electron chi connectivity index (χ3n) is 3.14. The Labute approximate surface area is 129 Å². The largest absolute Gasteiger partial charge is 0.369 e.